The third-order valence-electron chi connectivity index (χ3n) is 3.30. The Hall–Kier alpha value is -2.13. The van der Waals surface area contributed by atoms with Crippen molar-refractivity contribution in [3.05, 3.63) is 65.9 Å². The summed E-state index contributed by atoms with van der Waals surface area (Å²) in [6, 6.07) is 16.3. The molecule has 4 rings (SSSR count). The van der Waals surface area contributed by atoms with E-state index in [1.54, 1.807) is 0 Å². The lowest BCUT2D eigenvalue weighted by atomic mass is 10.1. The van der Waals surface area contributed by atoms with Crippen LogP contribution in [-0.2, 0) is 0 Å². The third-order valence-corrected chi connectivity index (χ3v) is 4.14. The second kappa shape index (κ2) is 4.21. The standard InChI is InChI=1S/C16H11NOS/c1-3-7-13-11(5-1)9-10-14(18-13)16-12-6-2-4-8-15(12)19-17-16/h1-10,14H. The number of nitrogens with zero attached hydrogens (tertiary/aromatic N) is 1. The van der Waals surface area contributed by atoms with Crippen LogP contribution < -0.4 is 4.74 Å². The zero-order valence-corrected chi connectivity index (χ0v) is 10.9. The molecule has 0 saturated carbocycles. The van der Waals surface area contributed by atoms with Gasteiger partial charge in [0.1, 0.15) is 11.4 Å². The van der Waals surface area contributed by atoms with Crippen molar-refractivity contribution in [2.45, 2.75) is 6.10 Å². The Morgan fingerprint density at radius 2 is 1.84 bits per heavy atom. The molecule has 0 aliphatic carbocycles. The van der Waals surface area contributed by atoms with Crippen LogP contribution in [0, 0.1) is 0 Å². The van der Waals surface area contributed by atoms with Crippen LogP contribution >= 0.6 is 11.5 Å². The van der Waals surface area contributed by atoms with E-state index >= 15 is 0 Å². The van der Waals surface area contributed by atoms with Crippen molar-refractivity contribution in [3.63, 3.8) is 0 Å². The van der Waals surface area contributed by atoms with Gasteiger partial charge in [0.05, 0.1) is 4.70 Å². The predicted molar refractivity (Wildman–Crippen MR) is 78.5 cm³/mol. The molecule has 0 radical (unpaired) electrons. The molecule has 0 N–H and O–H groups in total. The molecule has 2 aromatic carbocycles. The van der Waals surface area contributed by atoms with Gasteiger partial charge in [-0.3, -0.25) is 0 Å². The summed E-state index contributed by atoms with van der Waals surface area (Å²) >= 11 is 1.53. The summed E-state index contributed by atoms with van der Waals surface area (Å²) < 4.78 is 11.8. The number of benzene rings is 2. The van der Waals surface area contributed by atoms with Crippen LogP contribution in [0.5, 0.6) is 5.75 Å². The molecule has 2 nitrogen and oxygen atoms in total. The molecular formula is C16H11NOS. The highest BCUT2D eigenvalue weighted by atomic mass is 32.1. The summed E-state index contributed by atoms with van der Waals surface area (Å²) in [7, 11) is 0. The Bertz CT molecular complexity index is 775. The van der Waals surface area contributed by atoms with E-state index in [2.05, 4.69) is 34.7 Å². The van der Waals surface area contributed by atoms with Gasteiger partial charge in [-0.25, -0.2) is 0 Å². The van der Waals surface area contributed by atoms with E-state index in [0.29, 0.717) is 0 Å². The van der Waals surface area contributed by atoms with Gasteiger partial charge in [-0.2, -0.15) is 4.37 Å². The number of ether oxygens (including phenoxy) is 1. The molecule has 2 heterocycles. The Morgan fingerprint density at radius 3 is 2.84 bits per heavy atom. The molecule has 0 bridgehead atoms. The lowest BCUT2D eigenvalue weighted by Crippen LogP contribution is -2.09. The second-order valence-electron chi connectivity index (χ2n) is 4.50. The van der Waals surface area contributed by atoms with Gasteiger partial charge in [0.25, 0.3) is 0 Å². The van der Waals surface area contributed by atoms with Gasteiger partial charge in [-0.1, -0.05) is 42.5 Å². The predicted octanol–water partition coefficient (Wildman–Crippen LogP) is 4.44. The topological polar surface area (TPSA) is 22.1 Å². The summed E-state index contributed by atoms with van der Waals surface area (Å²) in [5, 5.41) is 1.18. The SMILES string of the molecule is C1=CC(c2nsc3ccccc23)Oc2ccccc21. The summed E-state index contributed by atoms with van der Waals surface area (Å²) in [5.74, 6) is 0.923. The zero-order valence-electron chi connectivity index (χ0n) is 10.1. The lowest BCUT2D eigenvalue weighted by molar-refractivity contribution is 0.249. The van der Waals surface area contributed by atoms with Crippen molar-refractivity contribution in [1.82, 2.24) is 4.37 Å². The molecule has 3 aromatic rings. The maximum Gasteiger partial charge on any atom is 0.161 e. The van der Waals surface area contributed by atoms with Crippen molar-refractivity contribution < 1.29 is 4.74 Å². The minimum absolute atomic E-state index is 0.0916. The highest BCUT2D eigenvalue weighted by Gasteiger charge is 2.20. The van der Waals surface area contributed by atoms with Gasteiger partial charge in [0.2, 0.25) is 0 Å². The minimum atomic E-state index is -0.0916. The molecule has 0 spiro atoms. The maximum atomic E-state index is 6.04. The number of aromatic nitrogens is 1. The average Bonchev–Trinajstić information content (AvgIpc) is 2.91. The number of rotatable bonds is 1. The lowest BCUT2D eigenvalue weighted by Gasteiger charge is -2.20. The van der Waals surface area contributed by atoms with Gasteiger partial charge >= 0.3 is 0 Å². The number of hydrogen-bond donors (Lipinski definition) is 0. The molecule has 92 valence electrons. The molecule has 1 aliphatic rings. The highest BCUT2D eigenvalue weighted by molar-refractivity contribution is 7.13. The van der Waals surface area contributed by atoms with Gasteiger partial charge in [0, 0.05) is 10.9 Å². The van der Waals surface area contributed by atoms with Crippen molar-refractivity contribution in [2.24, 2.45) is 0 Å². The fraction of sp³-hybridized carbons (Fsp3) is 0.0625. The Kier molecular flexibility index (Phi) is 2.38. The monoisotopic (exact) mass is 265 g/mol. The van der Waals surface area contributed by atoms with E-state index in [0.717, 1.165) is 17.0 Å². The van der Waals surface area contributed by atoms with Crippen LogP contribution in [0.3, 0.4) is 0 Å². The normalized spacial score (nSPS) is 17.2. The number of hydrogen-bond acceptors (Lipinski definition) is 3. The van der Waals surface area contributed by atoms with Crippen LogP contribution in [0.2, 0.25) is 0 Å². The first-order valence-corrected chi connectivity index (χ1v) is 6.97. The van der Waals surface area contributed by atoms with E-state index in [1.807, 2.05) is 30.3 Å². The third kappa shape index (κ3) is 1.74. The number of fused-ring (bicyclic) bond motifs is 2. The van der Waals surface area contributed by atoms with Gasteiger partial charge < -0.3 is 4.74 Å². The molecule has 1 unspecified atom stereocenters. The number of para-hydroxylation sites is 1. The fourth-order valence-corrected chi connectivity index (χ4v) is 3.16. The van der Waals surface area contributed by atoms with E-state index in [1.165, 1.54) is 21.6 Å². The molecule has 3 heteroatoms. The van der Waals surface area contributed by atoms with Gasteiger partial charge in [0.15, 0.2) is 6.10 Å². The summed E-state index contributed by atoms with van der Waals surface area (Å²) in [5.41, 5.74) is 2.13. The molecule has 19 heavy (non-hydrogen) atoms. The Balaban J connectivity index is 1.79. The second-order valence-corrected chi connectivity index (χ2v) is 5.30. The smallest absolute Gasteiger partial charge is 0.161 e. The molecule has 0 amide bonds. The van der Waals surface area contributed by atoms with E-state index in [9.17, 15) is 0 Å². The van der Waals surface area contributed by atoms with E-state index in [4.69, 9.17) is 4.74 Å². The zero-order chi connectivity index (χ0) is 12.7. The van der Waals surface area contributed by atoms with E-state index < -0.39 is 0 Å². The molecule has 0 saturated heterocycles. The van der Waals surface area contributed by atoms with Gasteiger partial charge in [-0.05, 0) is 29.7 Å². The van der Waals surface area contributed by atoms with Crippen molar-refractivity contribution in [3.8, 4) is 5.75 Å². The largest absolute Gasteiger partial charge is 0.479 e. The minimum Gasteiger partial charge on any atom is -0.479 e. The van der Waals surface area contributed by atoms with Crippen LogP contribution in [0.4, 0.5) is 0 Å². The molecular weight excluding hydrogens is 254 g/mol. The first-order valence-electron chi connectivity index (χ1n) is 6.20. The fourth-order valence-electron chi connectivity index (χ4n) is 2.35. The summed E-state index contributed by atoms with van der Waals surface area (Å²) in [6.07, 6.45) is 4.09. The van der Waals surface area contributed by atoms with Gasteiger partial charge in [-0.15, -0.1) is 0 Å². The van der Waals surface area contributed by atoms with Crippen molar-refractivity contribution in [1.29, 1.82) is 0 Å². The summed E-state index contributed by atoms with van der Waals surface area (Å²) in [4.78, 5) is 0. The average molecular weight is 265 g/mol. The van der Waals surface area contributed by atoms with Crippen molar-refractivity contribution >= 4 is 27.7 Å². The van der Waals surface area contributed by atoms with Crippen LogP contribution in [0.15, 0.2) is 54.6 Å². The highest BCUT2D eigenvalue weighted by Crippen LogP contribution is 2.35. The van der Waals surface area contributed by atoms with Crippen LogP contribution in [-0.4, -0.2) is 4.37 Å². The Labute approximate surface area is 115 Å². The molecule has 1 atom stereocenters. The Morgan fingerprint density at radius 1 is 1.00 bits per heavy atom. The first-order chi connectivity index (χ1) is 9.42. The molecule has 1 aliphatic heterocycles. The molecule has 0 fully saturated rings. The molecule has 1 aromatic heterocycles. The van der Waals surface area contributed by atoms with E-state index in [-0.39, 0.29) is 6.10 Å². The summed E-state index contributed by atoms with van der Waals surface area (Å²) in [6.45, 7) is 0. The quantitative estimate of drug-likeness (QED) is 0.648. The van der Waals surface area contributed by atoms with Crippen LogP contribution in [0.1, 0.15) is 17.4 Å². The first kappa shape index (κ1) is 10.8. The maximum absolute atomic E-state index is 6.04. The van der Waals surface area contributed by atoms with Crippen LogP contribution in [0.25, 0.3) is 16.2 Å². The van der Waals surface area contributed by atoms with Crippen molar-refractivity contribution in [2.75, 3.05) is 0 Å².